The number of methoxy groups -OCH3 is 1. The summed E-state index contributed by atoms with van der Waals surface area (Å²) in [5.74, 6) is -1.16. The van der Waals surface area contributed by atoms with Gasteiger partial charge in [0.25, 0.3) is 5.91 Å². The fourth-order valence-corrected chi connectivity index (χ4v) is 2.60. The maximum absolute atomic E-state index is 12.7. The molecule has 126 valence electrons. The van der Waals surface area contributed by atoms with Crippen LogP contribution < -0.4 is 11.1 Å². The lowest BCUT2D eigenvalue weighted by Crippen LogP contribution is -2.54. The largest absolute Gasteiger partial charge is 0.367 e. The van der Waals surface area contributed by atoms with Gasteiger partial charge in [0, 0.05) is 12.1 Å². The van der Waals surface area contributed by atoms with Gasteiger partial charge in [-0.05, 0) is 30.2 Å². The van der Waals surface area contributed by atoms with Crippen molar-refractivity contribution in [2.75, 3.05) is 7.11 Å². The monoisotopic (exact) mass is 346 g/mol. The fraction of sp³-hybridized carbons (Fsp3) is 0.222. The van der Waals surface area contributed by atoms with Crippen LogP contribution in [0.1, 0.15) is 24.2 Å². The molecule has 2 unspecified atom stereocenters. The van der Waals surface area contributed by atoms with Crippen LogP contribution >= 0.6 is 11.6 Å². The van der Waals surface area contributed by atoms with Crippen LogP contribution in [0.15, 0.2) is 54.6 Å². The van der Waals surface area contributed by atoms with Crippen LogP contribution in [0.3, 0.4) is 0 Å². The Hall–Kier alpha value is -2.37. The van der Waals surface area contributed by atoms with Crippen molar-refractivity contribution < 1.29 is 14.3 Å². The number of benzene rings is 2. The first-order chi connectivity index (χ1) is 11.4. The van der Waals surface area contributed by atoms with Crippen molar-refractivity contribution in [1.82, 2.24) is 5.32 Å². The van der Waals surface area contributed by atoms with Crippen molar-refractivity contribution in [2.45, 2.75) is 18.6 Å². The standard InChI is InChI=1S/C18H19ClN2O3/c1-18(17(20)23,13-9-6-10-14(19)11-13)21-16(22)15(24-2)12-7-4-3-5-8-12/h3-11,15H,1-2H3,(H2,20,23)(H,21,22). The molecule has 24 heavy (non-hydrogen) atoms. The van der Waals surface area contributed by atoms with Gasteiger partial charge in [-0.25, -0.2) is 0 Å². The minimum Gasteiger partial charge on any atom is -0.367 e. The lowest BCUT2D eigenvalue weighted by Gasteiger charge is -2.30. The lowest BCUT2D eigenvalue weighted by atomic mass is 9.90. The van der Waals surface area contributed by atoms with Gasteiger partial charge in [-0.2, -0.15) is 0 Å². The van der Waals surface area contributed by atoms with Crippen LogP contribution in [-0.4, -0.2) is 18.9 Å². The molecule has 0 saturated heterocycles. The van der Waals surface area contributed by atoms with E-state index in [0.717, 1.165) is 0 Å². The maximum Gasteiger partial charge on any atom is 0.254 e. The second kappa shape index (κ2) is 7.47. The molecule has 0 spiro atoms. The first-order valence-electron chi connectivity index (χ1n) is 7.34. The third kappa shape index (κ3) is 3.75. The summed E-state index contributed by atoms with van der Waals surface area (Å²) in [6.07, 6.45) is -0.857. The molecule has 0 aliphatic rings. The maximum atomic E-state index is 12.7. The van der Waals surface area contributed by atoms with E-state index in [-0.39, 0.29) is 0 Å². The van der Waals surface area contributed by atoms with Crippen LogP contribution in [-0.2, 0) is 19.9 Å². The number of nitrogens with one attached hydrogen (secondary N) is 1. The zero-order valence-electron chi connectivity index (χ0n) is 13.5. The highest BCUT2D eigenvalue weighted by Gasteiger charge is 2.37. The molecule has 5 nitrogen and oxygen atoms in total. The van der Waals surface area contributed by atoms with Crippen molar-refractivity contribution in [3.05, 3.63) is 70.7 Å². The SMILES string of the molecule is COC(C(=O)NC(C)(C(N)=O)c1cccc(Cl)c1)c1ccccc1. The number of carbonyl (C=O) groups is 2. The average molecular weight is 347 g/mol. The minimum atomic E-state index is -1.41. The van der Waals surface area contributed by atoms with Crippen LogP contribution in [0.5, 0.6) is 0 Å². The van der Waals surface area contributed by atoms with E-state index >= 15 is 0 Å². The predicted octanol–water partition coefficient (Wildman–Crippen LogP) is 2.54. The van der Waals surface area contributed by atoms with Gasteiger partial charge in [-0.3, -0.25) is 9.59 Å². The van der Waals surface area contributed by atoms with E-state index in [4.69, 9.17) is 22.1 Å². The summed E-state index contributed by atoms with van der Waals surface area (Å²) in [5, 5.41) is 3.13. The van der Waals surface area contributed by atoms with Crippen LogP contribution in [0.2, 0.25) is 5.02 Å². The summed E-state index contributed by atoms with van der Waals surface area (Å²) >= 11 is 5.99. The zero-order chi connectivity index (χ0) is 17.7. The molecule has 0 aliphatic heterocycles. The molecule has 2 aromatic rings. The topological polar surface area (TPSA) is 81.4 Å². The predicted molar refractivity (Wildman–Crippen MR) is 92.3 cm³/mol. The highest BCUT2D eigenvalue weighted by Crippen LogP contribution is 2.25. The molecule has 0 fully saturated rings. The van der Waals surface area contributed by atoms with E-state index in [1.54, 1.807) is 48.5 Å². The van der Waals surface area contributed by atoms with E-state index in [0.29, 0.717) is 16.1 Å². The number of primary amides is 1. The van der Waals surface area contributed by atoms with Gasteiger partial charge in [0.2, 0.25) is 5.91 Å². The van der Waals surface area contributed by atoms with E-state index < -0.39 is 23.5 Å². The molecule has 0 heterocycles. The minimum absolute atomic E-state index is 0.445. The molecule has 0 radical (unpaired) electrons. The number of hydrogen-bond donors (Lipinski definition) is 2. The number of ether oxygens (including phenoxy) is 1. The molecule has 0 saturated carbocycles. The highest BCUT2D eigenvalue weighted by atomic mass is 35.5. The van der Waals surface area contributed by atoms with Crippen LogP contribution in [0, 0.1) is 0 Å². The molecule has 0 aliphatic carbocycles. The third-order valence-corrected chi connectivity index (χ3v) is 4.08. The summed E-state index contributed by atoms with van der Waals surface area (Å²) in [6, 6.07) is 15.6. The first-order valence-corrected chi connectivity index (χ1v) is 7.72. The number of hydrogen-bond acceptors (Lipinski definition) is 3. The van der Waals surface area contributed by atoms with E-state index in [9.17, 15) is 9.59 Å². The lowest BCUT2D eigenvalue weighted by molar-refractivity contribution is -0.138. The summed E-state index contributed by atoms with van der Waals surface area (Å²) in [4.78, 5) is 24.7. The van der Waals surface area contributed by atoms with Crippen LogP contribution in [0.25, 0.3) is 0 Å². The Morgan fingerprint density at radius 1 is 1.17 bits per heavy atom. The molecule has 2 atom stereocenters. The molecular weight excluding hydrogens is 328 g/mol. The second-order valence-corrected chi connectivity index (χ2v) is 5.95. The summed E-state index contributed by atoms with van der Waals surface area (Å²) in [5.41, 5.74) is 5.31. The van der Waals surface area contributed by atoms with Crippen molar-refractivity contribution in [1.29, 1.82) is 0 Å². The Balaban J connectivity index is 2.33. The van der Waals surface area contributed by atoms with Crippen molar-refractivity contribution in [3.63, 3.8) is 0 Å². The second-order valence-electron chi connectivity index (χ2n) is 5.52. The Bertz CT molecular complexity index is 736. The van der Waals surface area contributed by atoms with Crippen molar-refractivity contribution >= 4 is 23.4 Å². The quantitative estimate of drug-likeness (QED) is 0.843. The normalized spacial score (nSPS) is 14.5. The van der Waals surface area contributed by atoms with Crippen LogP contribution in [0.4, 0.5) is 0 Å². The number of rotatable bonds is 6. The van der Waals surface area contributed by atoms with Gasteiger partial charge in [0.1, 0.15) is 5.54 Å². The van der Waals surface area contributed by atoms with Gasteiger partial charge in [0.15, 0.2) is 6.10 Å². The molecular formula is C18H19ClN2O3. The molecule has 2 aromatic carbocycles. The van der Waals surface area contributed by atoms with Crippen molar-refractivity contribution in [2.24, 2.45) is 5.73 Å². The first kappa shape index (κ1) is 18.0. The van der Waals surface area contributed by atoms with E-state index in [1.165, 1.54) is 14.0 Å². The van der Waals surface area contributed by atoms with Gasteiger partial charge in [-0.15, -0.1) is 0 Å². The summed E-state index contributed by atoms with van der Waals surface area (Å²) in [7, 11) is 1.43. The molecule has 0 aromatic heterocycles. The van der Waals surface area contributed by atoms with E-state index in [1.807, 2.05) is 6.07 Å². The average Bonchev–Trinajstić information content (AvgIpc) is 2.56. The smallest absolute Gasteiger partial charge is 0.254 e. The molecule has 2 rings (SSSR count). The Morgan fingerprint density at radius 3 is 2.38 bits per heavy atom. The zero-order valence-corrected chi connectivity index (χ0v) is 14.2. The molecule has 6 heteroatoms. The molecule has 3 N–H and O–H groups in total. The number of carbonyl (C=O) groups excluding carboxylic acids is 2. The third-order valence-electron chi connectivity index (χ3n) is 3.84. The van der Waals surface area contributed by atoms with Gasteiger partial charge in [-0.1, -0.05) is 54.1 Å². The summed E-state index contributed by atoms with van der Waals surface area (Å²) < 4.78 is 5.29. The van der Waals surface area contributed by atoms with Gasteiger partial charge in [0.05, 0.1) is 0 Å². The Morgan fingerprint density at radius 2 is 1.83 bits per heavy atom. The highest BCUT2D eigenvalue weighted by molar-refractivity contribution is 6.30. The fourth-order valence-electron chi connectivity index (χ4n) is 2.41. The molecule has 2 amide bonds. The number of nitrogens with two attached hydrogens (primary N) is 1. The van der Waals surface area contributed by atoms with E-state index in [2.05, 4.69) is 5.32 Å². The Labute approximate surface area is 145 Å². The number of amides is 2. The number of halogens is 1. The summed E-state index contributed by atoms with van der Waals surface area (Å²) in [6.45, 7) is 1.54. The van der Waals surface area contributed by atoms with Gasteiger partial charge < -0.3 is 15.8 Å². The van der Waals surface area contributed by atoms with Gasteiger partial charge >= 0.3 is 0 Å². The Kier molecular flexibility index (Phi) is 5.59. The van der Waals surface area contributed by atoms with Crippen molar-refractivity contribution in [3.8, 4) is 0 Å². The molecule has 0 bridgehead atoms.